The fraction of sp³-hybridized carbons (Fsp3) is 0.280. The quantitative estimate of drug-likeness (QED) is 0.566. The van der Waals surface area contributed by atoms with Crippen molar-refractivity contribution < 1.29 is 9.53 Å². The standard InChI is InChI=1S/C25H27N3O2/c1-16-9-7-8-10-21(16)27-24(29)19(15-26)11-18-12-20-17(2)14-25(3,4)28(5)22(20)13-23(18)30-6/h7-14H,1-6H3,(H,27,29)/b19-11+. The summed E-state index contributed by atoms with van der Waals surface area (Å²) in [6.07, 6.45) is 3.80. The molecule has 0 unspecified atom stereocenters. The summed E-state index contributed by atoms with van der Waals surface area (Å²) in [4.78, 5) is 14.9. The average molecular weight is 402 g/mol. The second kappa shape index (κ2) is 8.08. The second-order valence-electron chi connectivity index (χ2n) is 8.09. The van der Waals surface area contributed by atoms with Gasteiger partial charge < -0.3 is 15.0 Å². The molecule has 0 saturated carbocycles. The number of benzene rings is 2. The molecule has 1 heterocycles. The average Bonchev–Trinajstić information content (AvgIpc) is 2.71. The molecule has 1 aliphatic rings. The number of nitrogens with zero attached hydrogens (tertiary/aromatic N) is 2. The van der Waals surface area contributed by atoms with E-state index < -0.39 is 5.91 Å². The maximum absolute atomic E-state index is 12.7. The number of hydrogen-bond donors (Lipinski definition) is 1. The Kier molecular flexibility index (Phi) is 5.71. The Bertz CT molecular complexity index is 1100. The maximum atomic E-state index is 12.7. The predicted molar refractivity (Wildman–Crippen MR) is 123 cm³/mol. The number of likely N-dealkylation sites (N-methyl/N-ethyl adjacent to an activating group) is 1. The lowest BCUT2D eigenvalue weighted by Crippen LogP contribution is -2.42. The fourth-order valence-corrected chi connectivity index (χ4v) is 3.69. The van der Waals surface area contributed by atoms with Gasteiger partial charge in [-0.1, -0.05) is 24.3 Å². The number of aryl methyl sites for hydroxylation is 1. The van der Waals surface area contributed by atoms with Crippen molar-refractivity contribution in [2.45, 2.75) is 33.2 Å². The minimum absolute atomic E-state index is 0.0163. The van der Waals surface area contributed by atoms with E-state index in [0.29, 0.717) is 17.0 Å². The zero-order valence-corrected chi connectivity index (χ0v) is 18.3. The van der Waals surface area contributed by atoms with Crippen LogP contribution < -0.4 is 15.0 Å². The Labute approximate surface area is 178 Å². The van der Waals surface area contributed by atoms with Gasteiger partial charge in [0.15, 0.2) is 0 Å². The van der Waals surface area contributed by atoms with Gasteiger partial charge in [-0.2, -0.15) is 5.26 Å². The van der Waals surface area contributed by atoms with Crippen molar-refractivity contribution >= 4 is 28.9 Å². The molecule has 0 spiro atoms. The van der Waals surface area contributed by atoms with Crippen molar-refractivity contribution in [3.05, 3.63) is 64.7 Å². The Morgan fingerprint density at radius 2 is 1.93 bits per heavy atom. The number of carbonyl (C=O) groups is 1. The molecule has 5 nitrogen and oxygen atoms in total. The van der Waals surface area contributed by atoms with Gasteiger partial charge in [-0.3, -0.25) is 4.79 Å². The third-order valence-electron chi connectivity index (χ3n) is 5.63. The Morgan fingerprint density at radius 1 is 1.23 bits per heavy atom. The lowest BCUT2D eigenvalue weighted by molar-refractivity contribution is -0.112. The molecule has 0 fully saturated rings. The Morgan fingerprint density at radius 3 is 2.57 bits per heavy atom. The van der Waals surface area contributed by atoms with E-state index >= 15 is 0 Å². The van der Waals surface area contributed by atoms with Crippen LogP contribution in [-0.2, 0) is 4.79 Å². The second-order valence-corrected chi connectivity index (χ2v) is 8.09. The molecule has 2 aromatic rings. The number of fused-ring (bicyclic) bond motifs is 1. The summed E-state index contributed by atoms with van der Waals surface area (Å²) >= 11 is 0. The van der Waals surface area contributed by atoms with Crippen LogP contribution in [0.3, 0.4) is 0 Å². The van der Waals surface area contributed by atoms with E-state index in [1.54, 1.807) is 13.2 Å². The van der Waals surface area contributed by atoms with E-state index in [4.69, 9.17) is 4.74 Å². The first-order valence-corrected chi connectivity index (χ1v) is 9.82. The summed E-state index contributed by atoms with van der Waals surface area (Å²) in [5.74, 6) is 0.166. The molecule has 30 heavy (non-hydrogen) atoms. The van der Waals surface area contributed by atoms with E-state index in [1.165, 1.54) is 0 Å². The number of methoxy groups -OCH3 is 1. The van der Waals surface area contributed by atoms with Gasteiger partial charge in [0.05, 0.1) is 12.6 Å². The van der Waals surface area contributed by atoms with E-state index in [0.717, 1.165) is 22.4 Å². The Balaban J connectivity index is 2.03. The first-order valence-electron chi connectivity index (χ1n) is 9.82. The topological polar surface area (TPSA) is 65.4 Å². The van der Waals surface area contributed by atoms with Gasteiger partial charge in [0, 0.05) is 35.6 Å². The molecule has 1 N–H and O–H groups in total. The smallest absolute Gasteiger partial charge is 0.266 e. The van der Waals surface area contributed by atoms with Crippen LogP contribution in [0.5, 0.6) is 5.75 Å². The third-order valence-corrected chi connectivity index (χ3v) is 5.63. The van der Waals surface area contributed by atoms with Crippen LogP contribution in [0.4, 0.5) is 11.4 Å². The van der Waals surface area contributed by atoms with Crippen molar-refractivity contribution in [2.24, 2.45) is 0 Å². The highest BCUT2D eigenvalue weighted by Crippen LogP contribution is 2.41. The van der Waals surface area contributed by atoms with Gasteiger partial charge in [-0.25, -0.2) is 0 Å². The monoisotopic (exact) mass is 401 g/mol. The summed E-state index contributed by atoms with van der Waals surface area (Å²) < 4.78 is 5.59. The highest BCUT2D eigenvalue weighted by molar-refractivity contribution is 6.10. The number of nitriles is 1. The van der Waals surface area contributed by atoms with E-state index in [-0.39, 0.29) is 11.1 Å². The molecule has 1 aliphatic heterocycles. The molecule has 5 heteroatoms. The number of ether oxygens (including phenoxy) is 1. The molecular formula is C25H27N3O2. The summed E-state index contributed by atoms with van der Waals surface area (Å²) in [5, 5.41) is 12.4. The fourth-order valence-electron chi connectivity index (χ4n) is 3.69. The van der Waals surface area contributed by atoms with Crippen LogP contribution in [-0.4, -0.2) is 25.6 Å². The SMILES string of the molecule is COc1cc2c(cc1/C=C(\C#N)C(=O)Nc1ccccc1C)C(C)=CC(C)(C)N2C. The lowest BCUT2D eigenvalue weighted by atomic mass is 9.88. The zero-order chi connectivity index (χ0) is 22.1. The van der Waals surface area contributed by atoms with Crippen LogP contribution >= 0.6 is 0 Å². The van der Waals surface area contributed by atoms with Crippen LogP contribution in [0.15, 0.2) is 48.0 Å². The minimum Gasteiger partial charge on any atom is -0.496 e. The molecule has 0 radical (unpaired) electrons. The predicted octanol–water partition coefficient (Wildman–Crippen LogP) is 5.18. The maximum Gasteiger partial charge on any atom is 0.266 e. The molecule has 0 aliphatic carbocycles. The number of hydrogen-bond acceptors (Lipinski definition) is 4. The summed E-state index contributed by atoms with van der Waals surface area (Å²) in [6.45, 7) is 8.29. The van der Waals surface area contributed by atoms with Crippen LogP contribution in [0, 0.1) is 18.3 Å². The van der Waals surface area contributed by atoms with Crippen molar-refractivity contribution in [3.8, 4) is 11.8 Å². The molecule has 154 valence electrons. The Hall–Kier alpha value is -3.52. The van der Waals surface area contributed by atoms with E-state index in [1.807, 2.05) is 56.4 Å². The molecule has 0 aromatic heterocycles. The third kappa shape index (κ3) is 3.95. The van der Waals surface area contributed by atoms with Crippen molar-refractivity contribution in [2.75, 3.05) is 24.4 Å². The van der Waals surface area contributed by atoms with Crippen LogP contribution in [0.1, 0.15) is 37.5 Å². The largest absolute Gasteiger partial charge is 0.496 e. The first-order chi connectivity index (χ1) is 14.2. The minimum atomic E-state index is -0.447. The number of nitrogens with one attached hydrogen (secondary N) is 1. The molecule has 0 bridgehead atoms. The van der Waals surface area contributed by atoms with E-state index in [9.17, 15) is 10.1 Å². The van der Waals surface area contributed by atoms with Gasteiger partial charge in [0.1, 0.15) is 17.4 Å². The number of anilines is 2. The van der Waals surface area contributed by atoms with Gasteiger partial charge in [0.2, 0.25) is 0 Å². The van der Waals surface area contributed by atoms with Gasteiger partial charge in [-0.15, -0.1) is 0 Å². The number of para-hydroxylation sites is 1. The van der Waals surface area contributed by atoms with Crippen molar-refractivity contribution in [1.82, 2.24) is 0 Å². The van der Waals surface area contributed by atoms with Crippen LogP contribution in [0.25, 0.3) is 11.6 Å². The molecule has 0 atom stereocenters. The summed E-state index contributed by atoms with van der Waals surface area (Å²) in [5.41, 5.74) is 5.46. The molecular weight excluding hydrogens is 374 g/mol. The number of carbonyl (C=O) groups excluding carboxylic acids is 1. The zero-order valence-electron chi connectivity index (χ0n) is 18.3. The molecule has 3 rings (SSSR count). The number of amides is 1. The van der Waals surface area contributed by atoms with Gasteiger partial charge in [0.25, 0.3) is 5.91 Å². The van der Waals surface area contributed by atoms with Crippen molar-refractivity contribution in [3.63, 3.8) is 0 Å². The van der Waals surface area contributed by atoms with Gasteiger partial charge in [-0.05, 0) is 57.0 Å². The van der Waals surface area contributed by atoms with Crippen molar-refractivity contribution in [1.29, 1.82) is 5.26 Å². The number of rotatable bonds is 4. The first kappa shape index (κ1) is 21.2. The number of allylic oxidation sites excluding steroid dienone is 1. The lowest BCUT2D eigenvalue weighted by Gasteiger charge is -2.41. The van der Waals surface area contributed by atoms with Crippen LogP contribution in [0.2, 0.25) is 0 Å². The molecule has 0 saturated heterocycles. The van der Waals surface area contributed by atoms with E-state index in [2.05, 4.69) is 37.1 Å². The highest BCUT2D eigenvalue weighted by atomic mass is 16.5. The molecule has 1 amide bonds. The summed E-state index contributed by atoms with van der Waals surface area (Å²) in [7, 11) is 3.64. The van der Waals surface area contributed by atoms with Gasteiger partial charge >= 0.3 is 0 Å². The molecule has 2 aromatic carbocycles. The summed E-state index contributed by atoms with van der Waals surface area (Å²) in [6, 6.07) is 13.4. The highest BCUT2D eigenvalue weighted by Gasteiger charge is 2.29. The normalized spacial score (nSPS) is 15.0.